The third kappa shape index (κ3) is 4.35. The highest BCUT2D eigenvalue weighted by atomic mass is 32.2. The van der Waals surface area contributed by atoms with E-state index in [2.05, 4.69) is 11.9 Å². The Kier molecular flexibility index (Phi) is 5.82. The van der Waals surface area contributed by atoms with Crippen LogP contribution in [0, 0.1) is 6.92 Å². The summed E-state index contributed by atoms with van der Waals surface area (Å²) in [5, 5.41) is 1.95. The lowest BCUT2D eigenvalue weighted by Gasteiger charge is -2.28. The monoisotopic (exact) mass is 396 g/mol. The van der Waals surface area contributed by atoms with E-state index in [9.17, 15) is 13.2 Å². The zero-order valence-corrected chi connectivity index (χ0v) is 16.7. The van der Waals surface area contributed by atoms with Gasteiger partial charge in [0.2, 0.25) is 11.8 Å². The van der Waals surface area contributed by atoms with Crippen LogP contribution < -0.4 is 0 Å². The molecule has 0 bridgehead atoms. The maximum atomic E-state index is 12.9. The van der Waals surface area contributed by atoms with Crippen molar-refractivity contribution >= 4 is 27.1 Å². The summed E-state index contributed by atoms with van der Waals surface area (Å²) in [6.07, 6.45) is 2.48. The van der Waals surface area contributed by atoms with Gasteiger partial charge in [0.1, 0.15) is 5.76 Å². The summed E-state index contributed by atoms with van der Waals surface area (Å²) in [6, 6.07) is 3.64. The van der Waals surface area contributed by atoms with Crippen LogP contribution in [-0.2, 0) is 21.1 Å². The normalized spacial score (nSPS) is 18.9. The van der Waals surface area contributed by atoms with Crippen molar-refractivity contribution in [2.24, 2.45) is 0 Å². The number of aryl methyl sites for hydroxylation is 1. The van der Waals surface area contributed by atoms with Gasteiger partial charge < -0.3 is 9.32 Å². The molecular formula is C18H24N2O4S2. The fraction of sp³-hybridized carbons (Fsp3) is 0.556. The molecule has 1 atom stereocenters. The lowest BCUT2D eigenvalue weighted by Crippen LogP contribution is -2.42. The second-order valence-corrected chi connectivity index (χ2v) is 9.85. The maximum Gasteiger partial charge on any atom is 0.236 e. The Labute approximate surface area is 158 Å². The fourth-order valence-corrected chi connectivity index (χ4v) is 5.58. The lowest BCUT2D eigenvalue weighted by molar-refractivity contribution is -0.132. The largest absolute Gasteiger partial charge is 0.440 e. The molecule has 0 aromatic carbocycles. The quantitative estimate of drug-likeness (QED) is 0.718. The van der Waals surface area contributed by atoms with Crippen molar-refractivity contribution in [3.63, 3.8) is 0 Å². The van der Waals surface area contributed by atoms with Crippen LogP contribution in [0.25, 0.3) is 10.8 Å². The summed E-state index contributed by atoms with van der Waals surface area (Å²) in [4.78, 5) is 20.1. The molecule has 1 amide bonds. The van der Waals surface area contributed by atoms with Crippen LogP contribution in [0.4, 0.5) is 0 Å². The second-order valence-electron chi connectivity index (χ2n) is 6.67. The van der Waals surface area contributed by atoms with Gasteiger partial charge in [-0.25, -0.2) is 13.4 Å². The van der Waals surface area contributed by atoms with Gasteiger partial charge in [0.15, 0.2) is 9.84 Å². The molecule has 1 aliphatic heterocycles. The molecule has 0 radical (unpaired) electrons. The average molecular weight is 397 g/mol. The Morgan fingerprint density at radius 1 is 1.46 bits per heavy atom. The molecule has 2 aromatic heterocycles. The number of hydrogen-bond acceptors (Lipinski definition) is 6. The Bertz CT molecular complexity index is 856. The Morgan fingerprint density at radius 3 is 2.88 bits per heavy atom. The molecule has 8 heteroatoms. The number of sulfone groups is 1. The summed E-state index contributed by atoms with van der Waals surface area (Å²) in [6.45, 7) is 4.45. The Hall–Kier alpha value is -1.67. The number of oxazole rings is 1. The number of nitrogens with zero attached hydrogens (tertiary/aromatic N) is 2. The molecule has 1 unspecified atom stereocenters. The Morgan fingerprint density at radius 2 is 2.27 bits per heavy atom. The average Bonchev–Trinajstić information content (AvgIpc) is 3.29. The summed E-state index contributed by atoms with van der Waals surface area (Å²) in [5.74, 6) is 1.33. The van der Waals surface area contributed by atoms with Gasteiger partial charge in [0, 0.05) is 12.6 Å². The van der Waals surface area contributed by atoms with Crippen molar-refractivity contribution < 1.29 is 17.6 Å². The highest BCUT2D eigenvalue weighted by Gasteiger charge is 2.34. The summed E-state index contributed by atoms with van der Waals surface area (Å²) in [7, 11) is -3.03. The van der Waals surface area contributed by atoms with E-state index in [1.165, 1.54) is 11.3 Å². The van der Waals surface area contributed by atoms with Crippen molar-refractivity contribution in [2.75, 3.05) is 18.1 Å². The molecule has 1 saturated heterocycles. The van der Waals surface area contributed by atoms with Gasteiger partial charge >= 0.3 is 0 Å². The molecule has 1 aliphatic rings. The number of amides is 1. The lowest BCUT2D eigenvalue weighted by atomic mass is 10.1. The van der Waals surface area contributed by atoms with Crippen molar-refractivity contribution in [2.45, 2.75) is 45.6 Å². The molecule has 26 heavy (non-hydrogen) atoms. The molecule has 0 spiro atoms. The van der Waals surface area contributed by atoms with E-state index in [0.717, 1.165) is 17.7 Å². The third-order valence-electron chi connectivity index (χ3n) is 4.67. The number of unbranched alkanes of at least 4 members (excludes halogenated alkanes) is 1. The van der Waals surface area contributed by atoms with Crippen molar-refractivity contribution in [1.82, 2.24) is 9.88 Å². The van der Waals surface area contributed by atoms with Crippen LogP contribution in [0.3, 0.4) is 0 Å². The van der Waals surface area contributed by atoms with E-state index >= 15 is 0 Å². The van der Waals surface area contributed by atoms with Gasteiger partial charge in [-0.3, -0.25) is 4.79 Å². The molecule has 142 valence electrons. The number of carbonyl (C=O) groups is 1. The van der Waals surface area contributed by atoms with Crippen LogP contribution in [0.1, 0.15) is 37.6 Å². The van der Waals surface area contributed by atoms with Crippen molar-refractivity contribution in [1.29, 1.82) is 0 Å². The van der Waals surface area contributed by atoms with E-state index in [1.54, 1.807) is 4.90 Å². The van der Waals surface area contributed by atoms with Gasteiger partial charge in [-0.2, -0.15) is 0 Å². The molecule has 0 saturated carbocycles. The summed E-state index contributed by atoms with van der Waals surface area (Å²) < 4.78 is 29.4. The van der Waals surface area contributed by atoms with Gasteiger partial charge in [-0.1, -0.05) is 19.4 Å². The minimum absolute atomic E-state index is 0.0701. The molecule has 6 nitrogen and oxygen atoms in total. The molecule has 2 aromatic rings. The topological polar surface area (TPSA) is 80.5 Å². The van der Waals surface area contributed by atoms with Crippen LogP contribution >= 0.6 is 11.3 Å². The molecule has 0 aliphatic carbocycles. The first-order chi connectivity index (χ1) is 12.4. The SMILES string of the molecule is CCCCN(C(=O)Cc1nc(-c2cccs2)oc1C)C1CCS(=O)(=O)C1. The fourth-order valence-electron chi connectivity index (χ4n) is 3.20. The molecule has 3 rings (SSSR count). The first-order valence-corrected chi connectivity index (χ1v) is 11.6. The van der Waals surface area contributed by atoms with Gasteiger partial charge in [0.05, 0.1) is 28.5 Å². The first kappa shape index (κ1) is 19.1. The maximum absolute atomic E-state index is 12.9. The number of hydrogen-bond donors (Lipinski definition) is 0. The van der Waals surface area contributed by atoms with Gasteiger partial charge in [-0.05, 0) is 31.2 Å². The highest BCUT2D eigenvalue weighted by Crippen LogP contribution is 2.27. The van der Waals surface area contributed by atoms with Crippen molar-refractivity contribution in [3.05, 3.63) is 29.0 Å². The van der Waals surface area contributed by atoms with E-state index in [4.69, 9.17) is 4.42 Å². The number of aromatic nitrogens is 1. The van der Waals surface area contributed by atoms with E-state index in [1.807, 2.05) is 24.4 Å². The number of carbonyl (C=O) groups excluding carboxylic acids is 1. The van der Waals surface area contributed by atoms with Crippen LogP contribution in [0.2, 0.25) is 0 Å². The minimum Gasteiger partial charge on any atom is -0.440 e. The predicted molar refractivity (Wildman–Crippen MR) is 102 cm³/mol. The zero-order valence-electron chi connectivity index (χ0n) is 15.1. The van der Waals surface area contributed by atoms with E-state index in [0.29, 0.717) is 30.3 Å². The molecular weight excluding hydrogens is 372 g/mol. The zero-order chi connectivity index (χ0) is 18.7. The summed E-state index contributed by atoms with van der Waals surface area (Å²) >= 11 is 1.54. The molecule has 0 N–H and O–H groups in total. The van der Waals surface area contributed by atoms with Crippen LogP contribution in [0.5, 0.6) is 0 Å². The standard InChI is InChI=1S/C18H24N2O4S2/c1-3-4-8-20(14-7-10-26(22,23)12-14)17(21)11-15-13(2)24-18(19-15)16-6-5-9-25-16/h5-6,9,14H,3-4,7-8,10-12H2,1-2H3. The van der Waals surface area contributed by atoms with Crippen LogP contribution in [0.15, 0.2) is 21.9 Å². The minimum atomic E-state index is -3.03. The van der Waals surface area contributed by atoms with Crippen LogP contribution in [-0.4, -0.2) is 48.3 Å². The first-order valence-electron chi connectivity index (χ1n) is 8.89. The smallest absolute Gasteiger partial charge is 0.236 e. The third-order valence-corrected chi connectivity index (χ3v) is 7.27. The van der Waals surface area contributed by atoms with E-state index in [-0.39, 0.29) is 29.9 Å². The number of thiophene rings is 1. The predicted octanol–water partition coefficient (Wildman–Crippen LogP) is 3.07. The van der Waals surface area contributed by atoms with E-state index < -0.39 is 9.84 Å². The highest BCUT2D eigenvalue weighted by molar-refractivity contribution is 7.91. The Balaban J connectivity index is 1.75. The molecule has 1 fully saturated rings. The number of rotatable bonds is 7. The molecule has 3 heterocycles. The van der Waals surface area contributed by atoms with Gasteiger partial charge in [0.25, 0.3) is 0 Å². The van der Waals surface area contributed by atoms with Crippen molar-refractivity contribution in [3.8, 4) is 10.8 Å². The summed E-state index contributed by atoms with van der Waals surface area (Å²) in [5.41, 5.74) is 0.626. The van der Waals surface area contributed by atoms with Gasteiger partial charge in [-0.15, -0.1) is 11.3 Å². The second kappa shape index (κ2) is 7.92.